The molecule has 2 rings (SSSR count). The number of nitrogens with two attached hydrogens (primary N) is 1. The van der Waals surface area contributed by atoms with E-state index in [-0.39, 0.29) is 0 Å². The lowest BCUT2D eigenvalue weighted by atomic mass is 9.95. The number of benzene rings is 2. The molecule has 0 saturated carbocycles. The summed E-state index contributed by atoms with van der Waals surface area (Å²) in [5, 5.41) is 0.347. The van der Waals surface area contributed by atoms with E-state index < -0.39 is 18.0 Å². The molecule has 0 aliphatic heterocycles. The van der Waals surface area contributed by atoms with Gasteiger partial charge in [-0.15, -0.1) is 0 Å². The first-order valence-electron chi connectivity index (χ1n) is 6.75. The zero-order valence-electron chi connectivity index (χ0n) is 11.7. The predicted octanol–water partition coefficient (Wildman–Crippen LogP) is 3.76. The highest BCUT2D eigenvalue weighted by molar-refractivity contribution is 6.30. The summed E-state index contributed by atoms with van der Waals surface area (Å²) >= 11 is 5.80. The molecule has 5 heteroatoms. The second-order valence-electron chi connectivity index (χ2n) is 4.60. The smallest absolute Gasteiger partial charge is 0.129 e. The van der Waals surface area contributed by atoms with Gasteiger partial charge in [0.05, 0.1) is 6.04 Å². The van der Waals surface area contributed by atoms with Crippen molar-refractivity contribution in [3.63, 3.8) is 0 Å². The summed E-state index contributed by atoms with van der Waals surface area (Å²) in [4.78, 5) is 0. The Morgan fingerprint density at radius 1 is 1.24 bits per heavy atom. The summed E-state index contributed by atoms with van der Waals surface area (Å²) in [6, 6.07) is 13.6. The highest BCUT2D eigenvalue weighted by atomic mass is 35.5. The molecule has 2 aromatic carbocycles. The number of ether oxygens (including phenoxy) is 1. The van der Waals surface area contributed by atoms with Crippen LogP contribution in [-0.4, -0.2) is 6.61 Å². The SMILES string of the molecule is CCOC(c1ccccc1)C(NN)c1ccc(Cl)cc1F. The first kappa shape index (κ1) is 15.9. The van der Waals surface area contributed by atoms with Crippen molar-refractivity contribution >= 4 is 11.6 Å². The number of rotatable bonds is 6. The lowest BCUT2D eigenvalue weighted by Gasteiger charge is -2.27. The minimum absolute atomic E-state index is 0.347. The Morgan fingerprint density at radius 2 is 1.95 bits per heavy atom. The van der Waals surface area contributed by atoms with Gasteiger partial charge in [-0.05, 0) is 24.6 Å². The van der Waals surface area contributed by atoms with E-state index in [1.165, 1.54) is 6.07 Å². The van der Waals surface area contributed by atoms with Crippen molar-refractivity contribution in [3.05, 3.63) is 70.5 Å². The Hall–Kier alpha value is -1.46. The summed E-state index contributed by atoms with van der Waals surface area (Å²) in [7, 11) is 0. The van der Waals surface area contributed by atoms with Crippen molar-refractivity contribution in [2.75, 3.05) is 6.61 Å². The van der Waals surface area contributed by atoms with Crippen molar-refractivity contribution in [1.29, 1.82) is 0 Å². The minimum Gasteiger partial charge on any atom is -0.372 e. The van der Waals surface area contributed by atoms with Crippen molar-refractivity contribution < 1.29 is 9.13 Å². The van der Waals surface area contributed by atoms with Gasteiger partial charge in [-0.25, -0.2) is 9.82 Å². The lowest BCUT2D eigenvalue weighted by Crippen LogP contribution is -2.34. The third kappa shape index (κ3) is 3.80. The van der Waals surface area contributed by atoms with Gasteiger partial charge < -0.3 is 4.74 Å². The highest BCUT2D eigenvalue weighted by Gasteiger charge is 2.26. The van der Waals surface area contributed by atoms with Crippen LogP contribution in [0.2, 0.25) is 5.02 Å². The summed E-state index contributed by atoms with van der Waals surface area (Å²) in [5.41, 5.74) is 4.00. The molecule has 0 amide bonds. The average Bonchev–Trinajstić information content (AvgIpc) is 2.50. The molecule has 0 heterocycles. The molecule has 0 radical (unpaired) electrons. The van der Waals surface area contributed by atoms with Crippen LogP contribution in [-0.2, 0) is 4.74 Å². The fraction of sp³-hybridized carbons (Fsp3) is 0.250. The molecule has 0 aromatic heterocycles. The zero-order chi connectivity index (χ0) is 15.2. The van der Waals surface area contributed by atoms with Crippen LogP contribution in [0.25, 0.3) is 0 Å². The largest absolute Gasteiger partial charge is 0.372 e. The molecule has 0 fully saturated rings. The van der Waals surface area contributed by atoms with Gasteiger partial charge in [-0.2, -0.15) is 0 Å². The van der Waals surface area contributed by atoms with Crippen LogP contribution in [0.15, 0.2) is 48.5 Å². The van der Waals surface area contributed by atoms with Gasteiger partial charge >= 0.3 is 0 Å². The number of hydrazine groups is 1. The van der Waals surface area contributed by atoms with Crippen molar-refractivity contribution in [1.82, 2.24) is 5.43 Å². The summed E-state index contributed by atoms with van der Waals surface area (Å²) in [6.07, 6.45) is -0.392. The van der Waals surface area contributed by atoms with Crippen LogP contribution in [0.5, 0.6) is 0 Å². The van der Waals surface area contributed by atoms with Crippen molar-refractivity contribution in [2.24, 2.45) is 5.84 Å². The van der Waals surface area contributed by atoms with Gasteiger partial charge in [0.25, 0.3) is 0 Å². The fourth-order valence-electron chi connectivity index (χ4n) is 2.30. The number of hydrogen-bond donors (Lipinski definition) is 2. The third-order valence-corrected chi connectivity index (χ3v) is 3.49. The van der Waals surface area contributed by atoms with Crippen LogP contribution in [0.3, 0.4) is 0 Å². The van der Waals surface area contributed by atoms with Gasteiger partial charge in [0.15, 0.2) is 0 Å². The van der Waals surface area contributed by atoms with E-state index in [9.17, 15) is 4.39 Å². The van der Waals surface area contributed by atoms with Gasteiger partial charge in [0, 0.05) is 17.2 Å². The zero-order valence-corrected chi connectivity index (χ0v) is 12.5. The lowest BCUT2D eigenvalue weighted by molar-refractivity contribution is 0.0317. The molecule has 3 nitrogen and oxygen atoms in total. The van der Waals surface area contributed by atoms with Crippen LogP contribution in [0.4, 0.5) is 4.39 Å². The van der Waals surface area contributed by atoms with Crippen LogP contribution >= 0.6 is 11.6 Å². The standard InChI is InChI=1S/C16H18ClFN2O/c1-2-21-16(11-6-4-3-5-7-11)15(20-19)13-9-8-12(17)10-14(13)18/h3-10,15-16,20H,2,19H2,1H3. The molecule has 0 saturated heterocycles. The topological polar surface area (TPSA) is 47.3 Å². The van der Waals surface area contributed by atoms with Crippen LogP contribution in [0.1, 0.15) is 30.2 Å². The van der Waals surface area contributed by atoms with Crippen LogP contribution < -0.4 is 11.3 Å². The van der Waals surface area contributed by atoms with Crippen LogP contribution in [0, 0.1) is 5.82 Å². The van der Waals surface area contributed by atoms with E-state index in [0.29, 0.717) is 17.2 Å². The first-order chi connectivity index (χ1) is 10.2. The second-order valence-corrected chi connectivity index (χ2v) is 5.03. The first-order valence-corrected chi connectivity index (χ1v) is 7.12. The molecule has 3 N–H and O–H groups in total. The fourth-order valence-corrected chi connectivity index (χ4v) is 2.46. The molecule has 0 aliphatic carbocycles. The number of hydrogen-bond acceptors (Lipinski definition) is 3. The van der Waals surface area contributed by atoms with Gasteiger partial charge in [0.1, 0.15) is 11.9 Å². The number of nitrogens with one attached hydrogen (secondary N) is 1. The molecule has 0 bridgehead atoms. The monoisotopic (exact) mass is 308 g/mol. The maximum absolute atomic E-state index is 14.2. The molecule has 2 unspecified atom stereocenters. The van der Waals surface area contributed by atoms with Crippen molar-refractivity contribution in [3.8, 4) is 0 Å². The summed E-state index contributed by atoms with van der Waals surface area (Å²) in [5.74, 6) is 5.24. The predicted molar refractivity (Wildman–Crippen MR) is 82.3 cm³/mol. The van der Waals surface area contributed by atoms with E-state index in [1.807, 2.05) is 37.3 Å². The van der Waals surface area contributed by atoms with Gasteiger partial charge in [0.2, 0.25) is 0 Å². The molecular formula is C16H18ClFN2O. The van der Waals surface area contributed by atoms with E-state index in [2.05, 4.69) is 5.43 Å². The Bertz CT molecular complexity index is 580. The van der Waals surface area contributed by atoms with Gasteiger partial charge in [-0.3, -0.25) is 5.84 Å². The Morgan fingerprint density at radius 3 is 2.52 bits per heavy atom. The molecule has 112 valence electrons. The average molecular weight is 309 g/mol. The number of halogens is 2. The van der Waals surface area contributed by atoms with E-state index in [4.69, 9.17) is 22.2 Å². The summed E-state index contributed by atoms with van der Waals surface area (Å²) in [6.45, 7) is 2.38. The summed E-state index contributed by atoms with van der Waals surface area (Å²) < 4.78 is 19.9. The maximum atomic E-state index is 14.2. The molecule has 2 aromatic rings. The highest BCUT2D eigenvalue weighted by Crippen LogP contribution is 2.33. The molecular weight excluding hydrogens is 291 g/mol. The molecule has 0 aliphatic rings. The second kappa shape index (κ2) is 7.52. The van der Waals surface area contributed by atoms with E-state index in [1.54, 1.807) is 12.1 Å². The molecule has 21 heavy (non-hydrogen) atoms. The van der Waals surface area contributed by atoms with Crippen molar-refractivity contribution in [2.45, 2.75) is 19.1 Å². The third-order valence-electron chi connectivity index (χ3n) is 3.25. The van der Waals surface area contributed by atoms with Gasteiger partial charge in [-0.1, -0.05) is 48.0 Å². The Labute approximate surface area is 128 Å². The quantitative estimate of drug-likeness (QED) is 0.631. The minimum atomic E-state index is -0.510. The molecule has 2 atom stereocenters. The Kier molecular flexibility index (Phi) is 5.70. The maximum Gasteiger partial charge on any atom is 0.129 e. The Balaban J connectivity index is 2.40. The van der Waals surface area contributed by atoms with E-state index in [0.717, 1.165) is 5.56 Å². The van der Waals surface area contributed by atoms with E-state index >= 15 is 0 Å². The normalized spacial score (nSPS) is 13.9. The molecule has 0 spiro atoms.